The SMILES string of the molecule is [B]C(=O)OCc1ccc(OC2CC(O)CC(C(=O)O)O2)c(C(=O)NCC(=O)NC(C)(C)CCOC(C)(C)C/C(N)=C/N(N)CCC/C(C)=C/CC/C(C)=C/C)c1. The number of nitrogens with two attached hydrogens (primary N) is 2. The zero-order valence-electron chi connectivity index (χ0n) is 34.0. The fourth-order valence-electron chi connectivity index (χ4n) is 5.86. The number of rotatable bonds is 23. The van der Waals surface area contributed by atoms with Gasteiger partial charge in [-0.1, -0.05) is 29.4 Å². The van der Waals surface area contributed by atoms with E-state index in [1.807, 2.05) is 27.7 Å². The van der Waals surface area contributed by atoms with Gasteiger partial charge in [0.2, 0.25) is 25.9 Å². The molecule has 16 heteroatoms. The molecule has 1 heterocycles. The van der Waals surface area contributed by atoms with Crippen molar-refractivity contribution in [2.45, 2.75) is 136 Å². The third-order valence-corrected chi connectivity index (χ3v) is 9.05. The molecular formula is C40H62BN5O10. The van der Waals surface area contributed by atoms with Gasteiger partial charge in [0, 0.05) is 49.9 Å². The number of nitrogens with zero attached hydrogens (tertiary/aromatic N) is 1. The van der Waals surface area contributed by atoms with E-state index in [1.165, 1.54) is 29.3 Å². The molecular weight excluding hydrogens is 721 g/mol. The van der Waals surface area contributed by atoms with E-state index < -0.39 is 59.8 Å². The lowest BCUT2D eigenvalue weighted by molar-refractivity contribution is -0.195. The van der Waals surface area contributed by atoms with Crippen LogP contribution in [0.5, 0.6) is 5.75 Å². The minimum absolute atomic E-state index is 0.00651. The van der Waals surface area contributed by atoms with Gasteiger partial charge in [0.15, 0.2) is 6.10 Å². The van der Waals surface area contributed by atoms with Gasteiger partial charge in [0.25, 0.3) is 5.91 Å². The Morgan fingerprint density at radius 1 is 1.11 bits per heavy atom. The number of aliphatic carboxylic acids is 1. The molecule has 56 heavy (non-hydrogen) atoms. The molecule has 1 fully saturated rings. The van der Waals surface area contributed by atoms with Crippen LogP contribution in [0.15, 0.2) is 53.4 Å². The quantitative estimate of drug-likeness (QED) is 0.0391. The number of carbonyl (C=O) groups excluding carboxylic acids is 3. The minimum Gasteiger partial charge on any atom is -0.479 e. The van der Waals surface area contributed by atoms with E-state index in [9.17, 15) is 29.4 Å². The molecule has 1 aromatic rings. The monoisotopic (exact) mass is 783 g/mol. The van der Waals surface area contributed by atoms with Gasteiger partial charge in [0.1, 0.15) is 12.4 Å². The third-order valence-electron chi connectivity index (χ3n) is 9.05. The molecule has 1 aliphatic heterocycles. The number of amides is 2. The lowest BCUT2D eigenvalue weighted by Crippen LogP contribution is -2.48. The van der Waals surface area contributed by atoms with Crippen LogP contribution in [0, 0.1) is 0 Å². The molecule has 0 aromatic heterocycles. The normalized spacial score (nSPS) is 18.2. The highest BCUT2D eigenvalue weighted by atomic mass is 16.7. The summed E-state index contributed by atoms with van der Waals surface area (Å²) in [5.74, 6) is 2.74. The Hall–Kier alpha value is -4.38. The lowest BCUT2D eigenvalue weighted by Gasteiger charge is -2.31. The van der Waals surface area contributed by atoms with Crippen LogP contribution >= 0.6 is 0 Å². The number of hydrazine groups is 1. The first-order valence-electron chi connectivity index (χ1n) is 18.9. The van der Waals surface area contributed by atoms with Crippen molar-refractivity contribution in [2.75, 3.05) is 19.7 Å². The van der Waals surface area contributed by atoms with Crippen LogP contribution in [0.2, 0.25) is 0 Å². The number of aliphatic hydroxyl groups excluding tert-OH is 1. The van der Waals surface area contributed by atoms with Gasteiger partial charge in [0.05, 0.1) is 23.8 Å². The molecule has 1 saturated heterocycles. The van der Waals surface area contributed by atoms with Gasteiger partial charge in [-0.25, -0.2) is 10.6 Å². The van der Waals surface area contributed by atoms with E-state index in [4.69, 9.17) is 38.4 Å². The Morgan fingerprint density at radius 2 is 1.82 bits per heavy atom. The summed E-state index contributed by atoms with van der Waals surface area (Å²) in [4.78, 5) is 48.9. The van der Waals surface area contributed by atoms with Gasteiger partial charge in [-0.05, 0) is 98.3 Å². The smallest absolute Gasteiger partial charge is 0.333 e. The first-order valence-corrected chi connectivity index (χ1v) is 18.9. The number of ether oxygens (including phenoxy) is 4. The molecule has 8 N–H and O–H groups in total. The Kier molecular flexibility index (Phi) is 19.6. The second-order valence-electron chi connectivity index (χ2n) is 15.5. The molecule has 3 unspecified atom stereocenters. The van der Waals surface area contributed by atoms with Crippen LogP contribution in [-0.2, 0) is 30.4 Å². The van der Waals surface area contributed by atoms with Crippen LogP contribution in [0.3, 0.4) is 0 Å². The molecule has 15 nitrogen and oxygen atoms in total. The van der Waals surface area contributed by atoms with Gasteiger partial charge in [-0.3, -0.25) is 14.4 Å². The van der Waals surface area contributed by atoms with Crippen LogP contribution < -0.4 is 26.9 Å². The highest BCUT2D eigenvalue weighted by Gasteiger charge is 2.34. The number of carbonyl (C=O) groups is 4. The average molecular weight is 784 g/mol. The highest BCUT2D eigenvalue weighted by molar-refractivity contribution is 6.55. The van der Waals surface area contributed by atoms with E-state index in [2.05, 4.69) is 43.6 Å². The van der Waals surface area contributed by atoms with Crippen LogP contribution in [0.25, 0.3) is 0 Å². The number of carboxylic acid groups (broad SMARTS) is 1. The van der Waals surface area contributed by atoms with E-state index >= 15 is 0 Å². The Bertz CT molecular complexity index is 1580. The second-order valence-corrected chi connectivity index (χ2v) is 15.5. The summed E-state index contributed by atoms with van der Waals surface area (Å²) in [7, 11) is 5.08. The minimum atomic E-state index is -1.30. The maximum atomic E-state index is 13.3. The molecule has 0 saturated carbocycles. The van der Waals surface area contributed by atoms with Gasteiger partial charge < -0.3 is 50.5 Å². The van der Waals surface area contributed by atoms with Crippen LogP contribution in [0.1, 0.15) is 116 Å². The maximum absolute atomic E-state index is 13.3. The molecule has 2 rings (SSSR count). The average Bonchev–Trinajstić information content (AvgIpc) is 3.08. The van der Waals surface area contributed by atoms with Gasteiger partial charge in [-0.2, -0.15) is 0 Å². The fraction of sp³-hybridized carbons (Fsp3) is 0.600. The molecule has 3 atom stereocenters. The largest absolute Gasteiger partial charge is 0.479 e. The predicted molar refractivity (Wildman–Crippen MR) is 213 cm³/mol. The van der Waals surface area contributed by atoms with Crippen LogP contribution in [-0.4, -0.2) is 96.1 Å². The van der Waals surface area contributed by atoms with Crippen molar-refractivity contribution in [1.29, 1.82) is 0 Å². The number of aliphatic hydroxyl groups is 1. The number of benzene rings is 1. The molecule has 1 aromatic carbocycles. The molecule has 2 amide bonds. The predicted octanol–water partition coefficient (Wildman–Crippen LogP) is 4.47. The van der Waals surface area contributed by atoms with Crippen LogP contribution in [0.4, 0.5) is 4.79 Å². The van der Waals surface area contributed by atoms with Gasteiger partial charge in [-0.15, -0.1) is 0 Å². The topological polar surface area (TPSA) is 225 Å². The first-order chi connectivity index (χ1) is 26.2. The lowest BCUT2D eigenvalue weighted by atomic mass is 10.00. The maximum Gasteiger partial charge on any atom is 0.333 e. The number of hydrogen-bond donors (Lipinski definition) is 6. The third kappa shape index (κ3) is 19.0. The second kappa shape index (κ2) is 23.0. The molecule has 0 bridgehead atoms. The summed E-state index contributed by atoms with van der Waals surface area (Å²) >= 11 is 0. The number of carboxylic acids is 1. The summed E-state index contributed by atoms with van der Waals surface area (Å²) in [6.45, 7) is 14.2. The summed E-state index contributed by atoms with van der Waals surface area (Å²) in [6.07, 6.45) is 7.41. The van der Waals surface area contributed by atoms with Gasteiger partial charge >= 0.3 is 5.97 Å². The van der Waals surface area contributed by atoms with Crippen molar-refractivity contribution in [2.24, 2.45) is 11.6 Å². The van der Waals surface area contributed by atoms with E-state index in [-0.39, 0.29) is 30.8 Å². The van der Waals surface area contributed by atoms with E-state index in [1.54, 1.807) is 11.2 Å². The number of nitrogens with one attached hydrogen (secondary N) is 2. The van der Waals surface area contributed by atoms with Crippen molar-refractivity contribution in [3.05, 3.63) is 64.5 Å². The summed E-state index contributed by atoms with van der Waals surface area (Å²) in [6, 6.07) is 4.30. The van der Waals surface area contributed by atoms with Crippen molar-refractivity contribution in [1.82, 2.24) is 15.6 Å². The summed E-state index contributed by atoms with van der Waals surface area (Å²) in [5, 5.41) is 26.6. The number of allylic oxidation sites excluding steroid dienone is 4. The Labute approximate surface area is 332 Å². The van der Waals surface area contributed by atoms with E-state index in [0.717, 1.165) is 25.7 Å². The standard InChI is InChI=1S/C40H62BN5O10/c1-8-26(2)11-9-12-27(3)13-10-17-46(43)24-29(42)22-40(6,7)54-18-16-39(4,5)45-34(48)23-44-36(49)31-19-28(25-53-38(41)52)14-15-32(31)55-35-21-30(47)20-33(56-35)37(50)51/h8,12,14-15,19,24,30,33,35,47H,9-11,13,16-18,20-23,25,42-43H2,1-7H3,(H,44,49)(H,45,48)(H,50,51)/b26-8+,27-12+,29-24-. The van der Waals surface area contributed by atoms with Crippen molar-refractivity contribution in [3.63, 3.8) is 0 Å². The molecule has 0 spiro atoms. The molecule has 1 aliphatic rings. The first kappa shape index (κ1) is 47.8. The number of hydrogen-bond acceptors (Lipinski definition) is 12. The van der Waals surface area contributed by atoms with Crippen molar-refractivity contribution in [3.8, 4) is 5.75 Å². The Morgan fingerprint density at radius 3 is 2.48 bits per heavy atom. The molecule has 310 valence electrons. The van der Waals surface area contributed by atoms with E-state index in [0.29, 0.717) is 37.3 Å². The highest BCUT2D eigenvalue weighted by Crippen LogP contribution is 2.27. The fourth-order valence-corrected chi connectivity index (χ4v) is 5.86. The summed E-state index contributed by atoms with van der Waals surface area (Å²) < 4.78 is 22.2. The Balaban J connectivity index is 1.89. The zero-order valence-corrected chi connectivity index (χ0v) is 34.0. The summed E-state index contributed by atoms with van der Waals surface area (Å²) in [5.41, 5.74) is 8.67. The van der Waals surface area contributed by atoms with Crippen molar-refractivity contribution < 1.29 is 48.3 Å². The molecule has 2 radical (unpaired) electrons. The molecule has 0 aliphatic carbocycles. The zero-order chi connectivity index (χ0) is 42.1. The van der Waals surface area contributed by atoms with Crippen molar-refractivity contribution >= 4 is 31.5 Å².